The molecule has 0 bridgehead atoms. The first-order valence-electron chi connectivity index (χ1n) is 3.89. The lowest BCUT2D eigenvalue weighted by Gasteiger charge is -2.20. The van der Waals surface area contributed by atoms with Crippen LogP contribution in [-0.4, -0.2) is 36.5 Å². The summed E-state index contributed by atoms with van der Waals surface area (Å²) in [5, 5.41) is 0. The van der Waals surface area contributed by atoms with Gasteiger partial charge in [-0.15, -0.1) is 0 Å². The Hall–Kier alpha value is -0.610. The summed E-state index contributed by atoms with van der Waals surface area (Å²) in [7, 11) is 0. The van der Waals surface area contributed by atoms with Crippen LogP contribution >= 0.6 is 0 Å². The summed E-state index contributed by atoms with van der Waals surface area (Å²) in [6.07, 6.45) is 0. The van der Waals surface area contributed by atoms with Crippen LogP contribution in [0, 0.1) is 0 Å². The van der Waals surface area contributed by atoms with Crippen molar-refractivity contribution in [3.8, 4) is 0 Å². The maximum absolute atomic E-state index is 10.5. The van der Waals surface area contributed by atoms with Crippen LogP contribution in [0.4, 0.5) is 0 Å². The highest BCUT2D eigenvalue weighted by Gasteiger charge is 2.11. The molecule has 1 atom stereocenters. The van der Waals surface area contributed by atoms with Crippen LogP contribution in [0.5, 0.6) is 0 Å². The Balaban J connectivity index is 3.71. The molecule has 0 aliphatic rings. The number of amides is 1. The van der Waals surface area contributed by atoms with E-state index in [-0.39, 0.29) is 0 Å². The van der Waals surface area contributed by atoms with Gasteiger partial charge in [0.15, 0.2) is 0 Å². The molecule has 4 heteroatoms. The van der Waals surface area contributed by atoms with Gasteiger partial charge < -0.3 is 16.4 Å². The molecule has 0 saturated carbocycles. The van der Waals surface area contributed by atoms with E-state index in [9.17, 15) is 4.79 Å². The van der Waals surface area contributed by atoms with E-state index in [1.165, 1.54) is 0 Å². The third kappa shape index (κ3) is 3.95. The molecule has 0 heterocycles. The van der Waals surface area contributed by atoms with E-state index in [0.717, 1.165) is 13.1 Å². The van der Waals surface area contributed by atoms with Crippen LogP contribution in [0.3, 0.4) is 0 Å². The van der Waals surface area contributed by atoms with E-state index in [2.05, 4.69) is 4.90 Å². The van der Waals surface area contributed by atoms with Crippen LogP contribution in [0.25, 0.3) is 0 Å². The monoisotopic (exact) mass is 159 g/mol. The summed E-state index contributed by atoms with van der Waals surface area (Å²) in [6.45, 7) is 6.41. The van der Waals surface area contributed by atoms with E-state index >= 15 is 0 Å². The largest absolute Gasteiger partial charge is 0.368 e. The number of carbonyl (C=O) groups is 1. The molecule has 11 heavy (non-hydrogen) atoms. The number of rotatable bonds is 5. The van der Waals surface area contributed by atoms with Crippen LogP contribution in [-0.2, 0) is 4.79 Å². The Morgan fingerprint density at radius 1 is 1.45 bits per heavy atom. The molecule has 1 amide bonds. The number of nitrogens with two attached hydrogens (primary N) is 2. The molecule has 0 aliphatic carbocycles. The third-order valence-electron chi connectivity index (χ3n) is 1.71. The van der Waals surface area contributed by atoms with Crippen molar-refractivity contribution in [2.24, 2.45) is 11.5 Å². The zero-order chi connectivity index (χ0) is 8.85. The van der Waals surface area contributed by atoms with Crippen LogP contribution in [0.1, 0.15) is 13.8 Å². The molecule has 1 unspecified atom stereocenters. The van der Waals surface area contributed by atoms with E-state index < -0.39 is 11.9 Å². The van der Waals surface area contributed by atoms with Gasteiger partial charge in [0.25, 0.3) is 0 Å². The van der Waals surface area contributed by atoms with E-state index in [1.54, 1.807) is 0 Å². The lowest BCUT2D eigenvalue weighted by molar-refractivity contribution is -0.119. The Labute approximate surface area is 67.5 Å². The van der Waals surface area contributed by atoms with Crippen LogP contribution < -0.4 is 11.5 Å². The number of hydrogen-bond acceptors (Lipinski definition) is 3. The fourth-order valence-corrected chi connectivity index (χ4v) is 0.850. The van der Waals surface area contributed by atoms with Gasteiger partial charge in [-0.25, -0.2) is 0 Å². The maximum atomic E-state index is 10.5. The maximum Gasteiger partial charge on any atom is 0.235 e. The lowest BCUT2D eigenvalue weighted by Crippen LogP contribution is -2.45. The first-order valence-corrected chi connectivity index (χ1v) is 3.89. The molecule has 0 rings (SSSR count). The molecule has 0 saturated heterocycles. The lowest BCUT2D eigenvalue weighted by atomic mass is 10.3. The molecule has 0 aliphatic heterocycles. The molecule has 0 aromatic carbocycles. The predicted molar refractivity (Wildman–Crippen MR) is 45.0 cm³/mol. The van der Waals surface area contributed by atoms with Crippen molar-refractivity contribution in [1.82, 2.24) is 4.90 Å². The van der Waals surface area contributed by atoms with Gasteiger partial charge in [-0.3, -0.25) is 4.79 Å². The fraction of sp³-hybridized carbons (Fsp3) is 0.857. The average molecular weight is 159 g/mol. The van der Waals surface area contributed by atoms with Crippen molar-refractivity contribution >= 4 is 5.91 Å². The molecule has 4 N–H and O–H groups in total. The molecule has 66 valence electrons. The highest BCUT2D eigenvalue weighted by molar-refractivity contribution is 5.79. The second-order valence-corrected chi connectivity index (χ2v) is 2.49. The summed E-state index contributed by atoms with van der Waals surface area (Å²) >= 11 is 0. The molecule has 0 fully saturated rings. The molecule has 0 radical (unpaired) electrons. The number of likely N-dealkylation sites (N-methyl/N-ethyl adjacent to an activating group) is 1. The van der Waals surface area contributed by atoms with E-state index in [1.807, 2.05) is 13.8 Å². The Morgan fingerprint density at radius 3 is 2.18 bits per heavy atom. The van der Waals surface area contributed by atoms with Gasteiger partial charge in [0.05, 0.1) is 6.04 Å². The van der Waals surface area contributed by atoms with Gasteiger partial charge in [0.1, 0.15) is 0 Å². The second-order valence-electron chi connectivity index (χ2n) is 2.49. The molecule has 0 spiro atoms. The smallest absolute Gasteiger partial charge is 0.235 e. The van der Waals surface area contributed by atoms with E-state index in [0.29, 0.717) is 6.54 Å². The normalized spacial score (nSPS) is 13.5. The van der Waals surface area contributed by atoms with Crippen LogP contribution in [0.2, 0.25) is 0 Å². The molecule has 0 aromatic rings. The van der Waals surface area contributed by atoms with Gasteiger partial charge in [-0.05, 0) is 13.1 Å². The van der Waals surface area contributed by atoms with Crippen LogP contribution in [0.15, 0.2) is 0 Å². The van der Waals surface area contributed by atoms with Gasteiger partial charge >= 0.3 is 0 Å². The van der Waals surface area contributed by atoms with Crippen molar-refractivity contribution < 1.29 is 4.79 Å². The number of primary amides is 1. The summed E-state index contributed by atoms with van der Waals surface area (Å²) in [5.41, 5.74) is 10.5. The van der Waals surface area contributed by atoms with Gasteiger partial charge in [0.2, 0.25) is 5.91 Å². The summed E-state index contributed by atoms with van der Waals surface area (Å²) in [4.78, 5) is 12.6. The zero-order valence-corrected chi connectivity index (χ0v) is 7.21. The predicted octanol–water partition coefficient (Wildman–Crippen LogP) is -0.859. The SMILES string of the molecule is CCN(CC)CC(N)C(N)=O. The van der Waals surface area contributed by atoms with E-state index in [4.69, 9.17) is 11.5 Å². The van der Waals surface area contributed by atoms with Gasteiger partial charge in [-0.2, -0.15) is 0 Å². The highest BCUT2D eigenvalue weighted by Crippen LogP contribution is 1.88. The van der Waals surface area contributed by atoms with Crippen molar-refractivity contribution in [2.45, 2.75) is 19.9 Å². The first-order chi connectivity index (χ1) is 5.11. The standard InChI is InChI=1S/C7H17N3O/c1-3-10(4-2)5-6(8)7(9)11/h6H,3-5,8H2,1-2H3,(H2,9,11). The second kappa shape index (κ2) is 5.09. The number of nitrogens with zero attached hydrogens (tertiary/aromatic N) is 1. The Morgan fingerprint density at radius 2 is 1.91 bits per heavy atom. The minimum atomic E-state index is -0.533. The number of carbonyl (C=O) groups excluding carboxylic acids is 1. The van der Waals surface area contributed by atoms with Gasteiger partial charge in [-0.1, -0.05) is 13.8 Å². The summed E-state index contributed by atoms with van der Waals surface area (Å²) in [6, 6.07) is -0.533. The summed E-state index contributed by atoms with van der Waals surface area (Å²) < 4.78 is 0. The average Bonchev–Trinajstić information content (AvgIpc) is 1.99. The third-order valence-corrected chi connectivity index (χ3v) is 1.71. The van der Waals surface area contributed by atoms with Crippen molar-refractivity contribution in [2.75, 3.05) is 19.6 Å². The quantitative estimate of drug-likeness (QED) is 0.548. The van der Waals surface area contributed by atoms with Crippen molar-refractivity contribution in [3.05, 3.63) is 0 Å². The molecule has 4 nitrogen and oxygen atoms in total. The topological polar surface area (TPSA) is 72.3 Å². The minimum absolute atomic E-state index is 0.433. The van der Waals surface area contributed by atoms with Crippen molar-refractivity contribution in [1.29, 1.82) is 0 Å². The fourth-order valence-electron chi connectivity index (χ4n) is 0.850. The summed E-state index contributed by atoms with van der Waals surface area (Å²) in [5.74, 6) is -0.433. The Kier molecular flexibility index (Phi) is 4.81. The zero-order valence-electron chi connectivity index (χ0n) is 7.21. The van der Waals surface area contributed by atoms with Crippen molar-refractivity contribution in [3.63, 3.8) is 0 Å². The molecular formula is C7H17N3O. The first kappa shape index (κ1) is 10.4. The number of hydrogen-bond donors (Lipinski definition) is 2. The molecule has 0 aromatic heterocycles. The minimum Gasteiger partial charge on any atom is -0.368 e. The molecular weight excluding hydrogens is 142 g/mol. The highest BCUT2D eigenvalue weighted by atomic mass is 16.1. The Bertz CT molecular complexity index is 123. The van der Waals surface area contributed by atoms with Gasteiger partial charge in [0, 0.05) is 6.54 Å².